The monoisotopic (exact) mass is 220 g/mol. The SMILES string of the molecule is NC(=O)COc1cccc(NC2CCC2)c1. The van der Waals surface area contributed by atoms with Crippen LogP contribution in [0.1, 0.15) is 19.3 Å². The van der Waals surface area contributed by atoms with Gasteiger partial charge in [0.15, 0.2) is 6.61 Å². The summed E-state index contributed by atoms with van der Waals surface area (Å²) in [6, 6.07) is 8.19. The fourth-order valence-electron chi connectivity index (χ4n) is 1.62. The lowest BCUT2D eigenvalue weighted by molar-refractivity contribution is -0.119. The summed E-state index contributed by atoms with van der Waals surface area (Å²) in [7, 11) is 0. The van der Waals surface area contributed by atoms with E-state index in [1.54, 1.807) is 0 Å². The Labute approximate surface area is 94.8 Å². The molecule has 86 valence electrons. The van der Waals surface area contributed by atoms with Gasteiger partial charge < -0.3 is 15.8 Å². The van der Waals surface area contributed by atoms with Gasteiger partial charge in [0.1, 0.15) is 5.75 Å². The van der Waals surface area contributed by atoms with Crippen LogP contribution < -0.4 is 15.8 Å². The Bertz CT molecular complexity index is 375. The summed E-state index contributed by atoms with van der Waals surface area (Å²) in [5.41, 5.74) is 6.04. The number of rotatable bonds is 5. The first-order valence-corrected chi connectivity index (χ1v) is 5.52. The normalized spacial score (nSPS) is 15.2. The number of hydrogen-bond donors (Lipinski definition) is 2. The van der Waals surface area contributed by atoms with Gasteiger partial charge in [-0.05, 0) is 31.4 Å². The average Bonchev–Trinajstić information content (AvgIpc) is 2.21. The van der Waals surface area contributed by atoms with Crippen molar-refractivity contribution in [2.24, 2.45) is 5.73 Å². The van der Waals surface area contributed by atoms with Crippen LogP contribution in [0.25, 0.3) is 0 Å². The third kappa shape index (κ3) is 2.89. The first-order valence-electron chi connectivity index (χ1n) is 5.52. The molecule has 1 aromatic rings. The van der Waals surface area contributed by atoms with Crippen LogP contribution in [-0.2, 0) is 4.79 Å². The first-order chi connectivity index (χ1) is 7.74. The average molecular weight is 220 g/mol. The highest BCUT2D eigenvalue weighted by Crippen LogP contribution is 2.25. The minimum absolute atomic E-state index is 0.0765. The lowest BCUT2D eigenvalue weighted by Crippen LogP contribution is -2.26. The first kappa shape index (κ1) is 10.8. The number of benzene rings is 1. The summed E-state index contributed by atoms with van der Waals surface area (Å²) < 4.78 is 5.23. The van der Waals surface area contributed by atoms with Crippen molar-refractivity contribution in [3.05, 3.63) is 24.3 Å². The summed E-state index contributed by atoms with van der Waals surface area (Å²) >= 11 is 0. The number of nitrogens with one attached hydrogen (secondary N) is 1. The zero-order valence-electron chi connectivity index (χ0n) is 9.11. The molecule has 2 rings (SSSR count). The molecule has 1 aliphatic carbocycles. The molecule has 0 aromatic heterocycles. The van der Waals surface area contributed by atoms with Gasteiger partial charge in [0.05, 0.1) is 0 Å². The molecule has 0 saturated heterocycles. The molecule has 0 bridgehead atoms. The van der Waals surface area contributed by atoms with E-state index in [-0.39, 0.29) is 6.61 Å². The third-order valence-corrected chi connectivity index (χ3v) is 2.69. The quantitative estimate of drug-likeness (QED) is 0.790. The molecule has 0 aliphatic heterocycles. The van der Waals surface area contributed by atoms with E-state index in [1.165, 1.54) is 19.3 Å². The van der Waals surface area contributed by atoms with Gasteiger partial charge in [0.25, 0.3) is 5.91 Å². The van der Waals surface area contributed by atoms with Crippen molar-refractivity contribution >= 4 is 11.6 Å². The second-order valence-electron chi connectivity index (χ2n) is 4.05. The molecule has 16 heavy (non-hydrogen) atoms. The van der Waals surface area contributed by atoms with E-state index in [0.29, 0.717) is 11.8 Å². The van der Waals surface area contributed by atoms with Crippen molar-refractivity contribution in [1.29, 1.82) is 0 Å². The third-order valence-electron chi connectivity index (χ3n) is 2.69. The van der Waals surface area contributed by atoms with Crippen LogP contribution in [0, 0.1) is 0 Å². The number of anilines is 1. The maximum atomic E-state index is 10.6. The van der Waals surface area contributed by atoms with Crippen molar-refractivity contribution in [2.45, 2.75) is 25.3 Å². The van der Waals surface area contributed by atoms with E-state index in [4.69, 9.17) is 10.5 Å². The summed E-state index contributed by atoms with van der Waals surface area (Å²) in [6.45, 7) is -0.0765. The number of nitrogens with two attached hydrogens (primary N) is 1. The van der Waals surface area contributed by atoms with Crippen LogP contribution in [0.2, 0.25) is 0 Å². The van der Waals surface area contributed by atoms with Gasteiger partial charge in [0.2, 0.25) is 0 Å². The molecule has 4 heteroatoms. The van der Waals surface area contributed by atoms with Gasteiger partial charge in [-0.15, -0.1) is 0 Å². The molecular formula is C12H16N2O2. The van der Waals surface area contributed by atoms with Gasteiger partial charge in [-0.3, -0.25) is 4.79 Å². The minimum Gasteiger partial charge on any atom is -0.484 e. The molecular weight excluding hydrogens is 204 g/mol. The van der Waals surface area contributed by atoms with Gasteiger partial charge in [-0.25, -0.2) is 0 Å². The summed E-state index contributed by atoms with van der Waals surface area (Å²) in [4.78, 5) is 10.6. The Morgan fingerprint density at radius 1 is 1.50 bits per heavy atom. The maximum absolute atomic E-state index is 10.6. The zero-order valence-corrected chi connectivity index (χ0v) is 9.11. The van der Waals surface area contributed by atoms with Crippen molar-refractivity contribution < 1.29 is 9.53 Å². The van der Waals surface area contributed by atoms with Gasteiger partial charge in [0, 0.05) is 17.8 Å². The lowest BCUT2D eigenvalue weighted by Gasteiger charge is -2.27. The van der Waals surface area contributed by atoms with E-state index in [0.717, 1.165) is 5.69 Å². The molecule has 1 amide bonds. The Hall–Kier alpha value is -1.71. The largest absolute Gasteiger partial charge is 0.484 e. The molecule has 0 heterocycles. The molecule has 1 aromatic carbocycles. The maximum Gasteiger partial charge on any atom is 0.255 e. The van der Waals surface area contributed by atoms with Crippen molar-refractivity contribution in [3.8, 4) is 5.75 Å². The fraction of sp³-hybridized carbons (Fsp3) is 0.417. The van der Waals surface area contributed by atoms with Crippen LogP contribution in [-0.4, -0.2) is 18.6 Å². The summed E-state index contributed by atoms with van der Waals surface area (Å²) in [5, 5.41) is 3.41. The Morgan fingerprint density at radius 2 is 2.31 bits per heavy atom. The van der Waals surface area contributed by atoms with Crippen LogP contribution in [0.4, 0.5) is 5.69 Å². The Morgan fingerprint density at radius 3 is 2.94 bits per heavy atom. The second kappa shape index (κ2) is 4.88. The predicted octanol–water partition coefficient (Wildman–Crippen LogP) is 1.52. The van der Waals surface area contributed by atoms with Crippen LogP contribution in [0.15, 0.2) is 24.3 Å². The number of amides is 1. The van der Waals surface area contributed by atoms with Crippen molar-refractivity contribution in [2.75, 3.05) is 11.9 Å². The molecule has 4 nitrogen and oxygen atoms in total. The fourth-order valence-corrected chi connectivity index (χ4v) is 1.62. The zero-order chi connectivity index (χ0) is 11.4. The molecule has 1 fully saturated rings. The van der Waals surface area contributed by atoms with E-state index >= 15 is 0 Å². The van der Waals surface area contributed by atoms with Crippen LogP contribution in [0.3, 0.4) is 0 Å². The van der Waals surface area contributed by atoms with Gasteiger partial charge in [-0.2, -0.15) is 0 Å². The summed E-state index contributed by atoms with van der Waals surface area (Å²) in [5.74, 6) is 0.209. The molecule has 0 spiro atoms. The number of carbonyl (C=O) groups is 1. The minimum atomic E-state index is -0.461. The predicted molar refractivity (Wildman–Crippen MR) is 62.4 cm³/mol. The highest BCUT2D eigenvalue weighted by Gasteiger charge is 2.16. The van der Waals surface area contributed by atoms with E-state index in [1.807, 2.05) is 24.3 Å². The topological polar surface area (TPSA) is 64.4 Å². The van der Waals surface area contributed by atoms with Gasteiger partial charge in [-0.1, -0.05) is 6.07 Å². The Balaban J connectivity index is 1.92. The van der Waals surface area contributed by atoms with Crippen molar-refractivity contribution in [1.82, 2.24) is 0 Å². The van der Waals surface area contributed by atoms with Crippen molar-refractivity contribution in [3.63, 3.8) is 0 Å². The van der Waals surface area contributed by atoms with Crippen LogP contribution >= 0.6 is 0 Å². The number of carbonyl (C=O) groups excluding carboxylic acids is 1. The number of hydrogen-bond acceptors (Lipinski definition) is 3. The lowest BCUT2D eigenvalue weighted by atomic mass is 9.93. The highest BCUT2D eigenvalue weighted by atomic mass is 16.5. The van der Waals surface area contributed by atoms with Crippen LogP contribution in [0.5, 0.6) is 5.75 Å². The molecule has 3 N–H and O–H groups in total. The molecule has 0 radical (unpaired) electrons. The Kier molecular flexibility index (Phi) is 3.29. The van der Waals surface area contributed by atoms with E-state index < -0.39 is 5.91 Å². The number of ether oxygens (including phenoxy) is 1. The molecule has 0 unspecified atom stereocenters. The van der Waals surface area contributed by atoms with Gasteiger partial charge >= 0.3 is 0 Å². The molecule has 1 aliphatic rings. The smallest absolute Gasteiger partial charge is 0.255 e. The summed E-state index contributed by atoms with van der Waals surface area (Å²) in [6.07, 6.45) is 3.76. The van der Waals surface area contributed by atoms with E-state index in [2.05, 4.69) is 5.32 Å². The highest BCUT2D eigenvalue weighted by molar-refractivity contribution is 5.75. The molecule has 0 atom stereocenters. The second-order valence-corrected chi connectivity index (χ2v) is 4.05. The number of primary amides is 1. The standard InChI is InChI=1S/C12H16N2O2/c13-12(15)8-16-11-6-2-5-10(7-11)14-9-3-1-4-9/h2,5-7,9,14H,1,3-4,8H2,(H2,13,15). The van der Waals surface area contributed by atoms with E-state index in [9.17, 15) is 4.79 Å². The molecule has 1 saturated carbocycles.